The summed E-state index contributed by atoms with van der Waals surface area (Å²) in [5.41, 5.74) is 1.47. The lowest BCUT2D eigenvalue weighted by Gasteiger charge is -2.38. The summed E-state index contributed by atoms with van der Waals surface area (Å²) < 4.78 is 1.19. The van der Waals surface area contributed by atoms with E-state index in [-0.39, 0.29) is 6.10 Å². The Kier molecular flexibility index (Phi) is 4.79. The van der Waals surface area contributed by atoms with Crippen molar-refractivity contribution < 1.29 is 5.11 Å². The molecular weight excluding hydrogens is 314 g/mol. The number of halogens is 1. The molecule has 2 nitrogen and oxygen atoms in total. The highest BCUT2D eigenvalue weighted by Crippen LogP contribution is 2.38. The molecule has 0 saturated heterocycles. The minimum absolute atomic E-state index is 0.0316. The van der Waals surface area contributed by atoms with Crippen LogP contribution in [0.5, 0.6) is 0 Å². The number of rotatable bonds is 4. The van der Waals surface area contributed by atoms with Gasteiger partial charge in [-0.3, -0.25) is 0 Å². The van der Waals surface area contributed by atoms with Crippen molar-refractivity contribution in [2.75, 3.05) is 6.54 Å². The lowest BCUT2D eigenvalue weighted by Crippen LogP contribution is -2.42. The SMILES string of the molecule is OC1CCC(CNC2CC(c3cccc(Br)c3)C2)CC1. The maximum atomic E-state index is 9.52. The van der Waals surface area contributed by atoms with Crippen LogP contribution in [0.4, 0.5) is 0 Å². The summed E-state index contributed by atoms with van der Waals surface area (Å²) in [5, 5.41) is 13.2. The molecule has 0 atom stereocenters. The first-order valence-corrected chi connectivity index (χ1v) is 8.67. The topological polar surface area (TPSA) is 32.3 Å². The van der Waals surface area contributed by atoms with E-state index in [1.165, 1.54) is 35.7 Å². The minimum atomic E-state index is -0.0316. The second-order valence-electron chi connectivity index (χ2n) is 6.50. The van der Waals surface area contributed by atoms with Crippen LogP contribution in [0.25, 0.3) is 0 Å². The summed E-state index contributed by atoms with van der Waals surface area (Å²) >= 11 is 3.55. The number of nitrogens with one attached hydrogen (secondary N) is 1. The van der Waals surface area contributed by atoms with Crippen LogP contribution in [0.15, 0.2) is 28.7 Å². The molecule has 2 saturated carbocycles. The highest BCUT2D eigenvalue weighted by atomic mass is 79.9. The molecule has 2 aliphatic carbocycles. The van der Waals surface area contributed by atoms with Crippen LogP contribution in [0, 0.1) is 5.92 Å². The molecule has 2 fully saturated rings. The number of benzene rings is 1. The predicted molar refractivity (Wildman–Crippen MR) is 85.9 cm³/mol. The minimum Gasteiger partial charge on any atom is -0.393 e. The maximum Gasteiger partial charge on any atom is 0.0540 e. The fourth-order valence-corrected chi connectivity index (χ4v) is 3.92. The van der Waals surface area contributed by atoms with Gasteiger partial charge in [-0.2, -0.15) is 0 Å². The van der Waals surface area contributed by atoms with E-state index in [4.69, 9.17) is 0 Å². The van der Waals surface area contributed by atoms with Crippen molar-refractivity contribution >= 4 is 15.9 Å². The summed E-state index contributed by atoms with van der Waals surface area (Å²) in [6.45, 7) is 1.14. The molecule has 20 heavy (non-hydrogen) atoms. The molecule has 1 aromatic carbocycles. The van der Waals surface area contributed by atoms with Crippen molar-refractivity contribution in [1.82, 2.24) is 5.32 Å². The van der Waals surface area contributed by atoms with Gasteiger partial charge in [-0.05, 0) is 74.6 Å². The van der Waals surface area contributed by atoms with Gasteiger partial charge in [0.05, 0.1) is 6.10 Å². The molecule has 0 spiro atoms. The molecule has 0 radical (unpaired) electrons. The predicted octanol–water partition coefficient (Wildman–Crippen LogP) is 3.84. The van der Waals surface area contributed by atoms with Gasteiger partial charge in [0.25, 0.3) is 0 Å². The van der Waals surface area contributed by atoms with Crippen LogP contribution in [-0.4, -0.2) is 23.8 Å². The third kappa shape index (κ3) is 3.63. The van der Waals surface area contributed by atoms with E-state index in [1.54, 1.807) is 0 Å². The van der Waals surface area contributed by atoms with Gasteiger partial charge in [0, 0.05) is 10.5 Å². The van der Waals surface area contributed by atoms with Gasteiger partial charge in [-0.25, -0.2) is 0 Å². The summed E-state index contributed by atoms with van der Waals surface area (Å²) in [7, 11) is 0. The average Bonchev–Trinajstić information content (AvgIpc) is 2.39. The monoisotopic (exact) mass is 337 g/mol. The second kappa shape index (κ2) is 6.59. The molecule has 1 aromatic rings. The second-order valence-corrected chi connectivity index (χ2v) is 7.42. The van der Waals surface area contributed by atoms with Gasteiger partial charge in [-0.1, -0.05) is 28.1 Å². The van der Waals surface area contributed by atoms with Crippen molar-refractivity contribution in [3.8, 4) is 0 Å². The summed E-state index contributed by atoms with van der Waals surface area (Å²) in [4.78, 5) is 0. The molecule has 3 rings (SSSR count). The van der Waals surface area contributed by atoms with Gasteiger partial charge >= 0.3 is 0 Å². The van der Waals surface area contributed by atoms with Crippen molar-refractivity contribution in [1.29, 1.82) is 0 Å². The Morgan fingerprint density at radius 2 is 1.90 bits per heavy atom. The molecule has 3 heteroatoms. The zero-order valence-electron chi connectivity index (χ0n) is 11.9. The Morgan fingerprint density at radius 1 is 1.15 bits per heavy atom. The first-order chi connectivity index (χ1) is 9.70. The molecule has 2 aliphatic rings. The molecule has 0 heterocycles. The van der Waals surface area contributed by atoms with Crippen LogP contribution in [0.3, 0.4) is 0 Å². The van der Waals surface area contributed by atoms with Gasteiger partial charge in [0.1, 0.15) is 0 Å². The number of aliphatic hydroxyl groups excluding tert-OH is 1. The maximum absolute atomic E-state index is 9.52. The van der Waals surface area contributed by atoms with Crippen LogP contribution in [0.2, 0.25) is 0 Å². The van der Waals surface area contributed by atoms with E-state index < -0.39 is 0 Å². The number of aliphatic hydroxyl groups is 1. The molecule has 0 unspecified atom stereocenters. The standard InChI is InChI=1S/C17H24BrNO/c18-15-3-1-2-13(8-15)14-9-16(10-14)19-11-12-4-6-17(20)7-5-12/h1-3,8,12,14,16-17,19-20H,4-7,9-11H2. The van der Waals surface area contributed by atoms with E-state index in [0.29, 0.717) is 6.04 Å². The number of hydrogen-bond donors (Lipinski definition) is 2. The van der Waals surface area contributed by atoms with E-state index in [1.807, 2.05) is 0 Å². The van der Waals surface area contributed by atoms with Crippen LogP contribution in [0.1, 0.15) is 50.0 Å². The molecule has 110 valence electrons. The Morgan fingerprint density at radius 3 is 2.60 bits per heavy atom. The summed E-state index contributed by atoms with van der Waals surface area (Å²) in [6, 6.07) is 9.42. The van der Waals surface area contributed by atoms with Gasteiger partial charge in [0.15, 0.2) is 0 Å². The largest absolute Gasteiger partial charge is 0.393 e. The Labute approximate surface area is 130 Å². The molecule has 2 N–H and O–H groups in total. The van der Waals surface area contributed by atoms with Gasteiger partial charge < -0.3 is 10.4 Å². The van der Waals surface area contributed by atoms with Crippen molar-refractivity contribution in [3.05, 3.63) is 34.3 Å². The van der Waals surface area contributed by atoms with Crippen LogP contribution >= 0.6 is 15.9 Å². The average molecular weight is 338 g/mol. The van der Waals surface area contributed by atoms with E-state index in [2.05, 4.69) is 45.5 Å². The smallest absolute Gasteiger partial charge is 0.0540 e. The van der Waals surface area contributed by atoms with Crippen LogP contribution < -0.4 is 5.32 Å². The molecule has 0 amide bonds. The van der Waals surface area contributed by atoms with Crippen molar-refractivity contribution in [3.63, 3.8) is 0 Å². The molecule has 0 aromatic heterocycles. The fraction of sp³-hybridized carbons (Fsp3) is 0.647. The molecule has 0 bridgehead atoms. The third-order valence-electron chi connectivity index (χ3n) is 4.97. The van der Waals surface area contributed by atoms with E-state index >= 15 is 0 Å². The van der Waals surface area contributed by atoms with Gasteiger partial charge in [0.2, 0.25) is 0 Å². The zero-order valence-corrected chi connectivity index (χ0v) is 13.5. The quantitative estimate of drug-likeness (QED) is 0.874. The molecule has 0 aliphatic heterocycles. The van der Waals surface area contributed by atoms with E-state index in [9.17, 15) is 5.11 Å². The summed E-state index contributed by atoms with van der Waals surface area (Å²) in [5.74, 6) is 1.52. The lowest BCUT2D eigenvalue weighted by atomic mass is 9.75. The number of hydrogen-bond acceptors (Lipinski definition) is 2. The molecular formula is C17H24BrNO. The summed E-state index contributed by atoms with van der Waals surface area (Å²) in [6.07, 6.45) is 6.88. The zero-order chi connectivity index (χ0) is 13.9. The lowest BCUT2D eigenvalue weighted by molar-refractivity contribution is 0.106. The Hall–Kier alpha value is -0.380. The van der Waals surface area contributed by atoms with E-state index in [0.717, 1.165) is 31.2 Å². The van der Waals surface area contributed by atoms with Crippen molar-refractivity contribution in [2.45, 2.75) is 56.6 Å². The first-order valence-electron chi connectivity index (χ1n) is 7.87. The first kappa shape index (κ1) is 14.6. The Balaban J connectivity index is 1.38. The highest BCUT2D eigenvalue weighted by molar-refractivity contribution is 9.10. The third-order valence-corrected chi connectivity index (χ3v) is 5.46. The van der Waals surface area contributed by atoms with Gasteiger partial charge in [-0.15, -0.1) is 0 Å². The Bertz CT molecular complexity index is 436. The normalized spacial score (nSPS) is 33.7. The fourth-order valence-electron chi connectivity index (χ4n) is 3.50. The highest BCUT2D eigenvalue weighted by Gasteiger charge is 2.30. The van der Waals surface area contributed by atoms with Crippen molar-refractivity contribution in [2.24, 2.45) is 5.92 Å². The van der Waals surface area contributed by atoms with Crippen LogP contribution in [-0.2, 0) is 0 Å².